The second kappa shape index (κ2) is 11.4. The van der Waals surface area contributed by atoms with Crippen LogP contribution in [0.15, 0.2) is 66.0 Å². The third-order valence-corrected chi connectivity index (χ3v) is 6.10. The normalized spacial score (nSPS) is 10.7. The SMILES string of the molecule is CC(C)c1ccc(CCNC(=O)COC(=O)c2ccccc2N(C)C(=O)c2cccs2)cc1. The van der Waals surface area contributed by atoms with Crippen LogP contribution in [0.2, 0.25) is 0 Å². The molecule has 3 rings (SSSR count). The minimum absolute atomic E-state index is 0.218. The third kappa shape index (κ3) is 6.52. The van der Waals surface area contributed by atoms with Crippen molar-refractivity contribution in [3.05, 3.63) is 87.6 Å². The maximum absolute atomic E-state index is 12.7. The number of para-hydroxylation sites is 1. The van der Waals surface area contributed by atoms with E-state index in [0.717, 1.165) is 5.56 Å². The summed E-state index contributed by atoms with van der Waals surface area (Å²) in [6, 6.07) is 18.5. The van der Waals surface area contributed by atoms with Gasteiger partial charge in [0.2, 0.25) is 0 Å². The van der Waals surface area contributed by atoms with Gasteiger partial charge < -0.3 is 15.0 Å². The zero-order chi connectivity index (χ0) is 23.8. The number of carbonyl (C=O) groups excluding carboxylic acids is 3. The van der Waals surface area contributed by atoms with Gasteiger partial charge in [-0.15, -0.1) is 11.3 Å². The monoisotopic (exact) mass is 464 g/mol. The summed E-state index contributed by atoms with van der Waals surface area (Å²) in [6.07, 6.45) is 0.691. The highest BCUT2D eigenvalue weighted by atomic mass is 32.1. The Labute approximate surface area is 198 Å². The molecule has 2 amide bonds. The summed E-state index contributed by atoms with van der Waals surface area (Å²) in [6.45, 7) is 4.36. The molecule has 0 fully saturated rings. The summed E-state index contributed by atoms with van der Waals surface area (Å²) >= 11 is 1.33. The molecule has 6 nitrogen and oxygen atoms in total. The van der Waals surface area contributed by atoms with Crippen molar-refractivity contribution >= 4 is 34.8 Å². The Bertz CT molecular complexity index is 1090. The zero-order valence-electron chi connectivity index (χ0n) is 19.0. The summed E-state index contributed by atoms with van der Waals surface area (Å²) in [4.78, 5) is 39.4. The van der Waals surface area contributed by atoms with E-state index in [1.807, 2.05) is 5.38 Å². The first-order valence-electron chi connectivity index (χ1n) is 10.8. The number of hydrogen-bond acceptors (Lipinski definition) is 5. The number of benzene rings is 2. The number of rotatable bonds is 9. The summed E-state index contributed by atoms with van der Waals surface area (Å²) in [5, 5.41) is 4.59. The molecule has 0 saturated carbocycles. The highest BCUT2D eigenvalue weighted by Crippen LogP contribution is 2.23. The molecule has 0 spiro atoms. The van der Waals surface area contributed by atoms with Crippen LogP contribution in [-0.4, -0.2) is 38.0 Å². The van der Waals surface area contributed by atoms with E-state index in [1.54, 1.807) is 43.4 Å². The highest BCUT2D eigenvalue weighted by Gasteiger charge is 2.21. The van der Waals surface area contributed by atoms with Crippen molar-refractivity contribution in [2.24, 2.45) is 0 Å². The van der Waals surface area contributed by atoms with Crippen molar-refractivity contribution in [2.75, 3.05) is 25.1 Å². The molecule has 172 valence electrons. The Morgan fingerprint density at radius 2 is 1.73 bits per heavy atom. The van der Waals surface area contributed by atoms with E-state index in [4.69, 9.17) is 4.74 Å². The number of ether oxygens (including phenoxy) is 1. The van der Waals surface area contributed by atoms with Crippen molar-refractivity contribution < 1.29 is 19.1 Å². The van der Waals surface area contributed by atoms with Crippen molar-refractivity contribution in [1.82, 2.24) is 5.32 Å². The fourth-order valence-electron chi connectivity index (χ4n) is 3.29. The van der Waals surface area contributed by atoms with E-state index in [0.29, 0.717) is 29.4 Å². The van der Waals surface area contributed by atoms with Crippen LogP contribution in [0.1, 0.15) is 50.9 Å². The van der Waals surface area contributed by atoms with Gasteiger partial charge in [0.05, 0.1) is 16.1 Å². The van der Waals surface area contributed by atoms with Crippen LogP contribution in [0.25, 0.3) is 0 Å². The molecule has 0 atom stereocenters. The van der Waals surface area contributed by atoms with Gasteiger partial charge in [0.15, 0.2) is 6.61 Å². The van der Waals surface area contributed by atoms with Gasteiger partial charge in [-0.05, 0) is 47.0 Å². The lowest BCUT2D eigenvalue weighted by atomic mass is 10.0. The molecule has 1 aromatic heterocycles. The lowest BCUT2D eigenvalue weighted by molar-refractivity contribution is -0.124. The fraction of sp³-hybridized carbons (Fsp3) is 0.269. The van der Waals surface area contributed by atoms with E-state index < -0.39 is 5.97 Å². The number of nitrogens with one attached hydrogen (secondary N) is 1. The van der Waals surface area contributed by atoms with Crippen molar-refractivity contribution in [3.8, 4) is 0 Å². The smallest absolute Gasteiger partial charge is 0.340 e. The molecule has 2 aromatic carbocycles. The van der Waals surface area contributed by atoms with Crippen LogP contribution >= 0.6 is 11.3 Å². The van der Waals surface area contributed by atoms with Crippen LogP contribution in [0, 0.1) is 0 Å². The molecule has 0 aliphatic rings. The van der Waals surface area contributed by atoms with Crippen LogP contribution in [0.4, 0.5) is 5.69 Å². The maximum atomic E-state index is 12.7. The minimum Gasteiger partial charge on any atom is -0.452 e. The van der Waals surface area contributed by atoms with Crippen molar-refractivity contribution in [1.29, 1.82) is 0 Å². The highest BCUT2D eigenvalue weighted by molar-refractivity contribution is 7.12. The largest absolute Gasteiger partial charge is 0.452 e. The van der Waals surface area contributed by atoms with Crippen LogP contribution < -0.4 is 10.2 Å². The fourth-order valence-corrected chi connectivity index (χ4v) is 3.99. The molecule has 0 bridgehead atoms. The Morgan fingerprint density at radius 1 is 1.00 bits per heavy atom. The molecule has 7 heteroatoms. The molecule has 0 saturated heterocycles. The van der Waals surface area contributed by atoms with Gasteiger partial charge in [-0.1, -0.05) is 56.3 Å². The van der Waals surface area contributed by atoms with Gasteiger partial charge in [0.25, 0.3) is 11.8 Å². The summed E-state index contributed by atoms with van der Waals surface area (Å²) in [7, 11) is 1.61. The predicted octanol–water partition coefficient (Wildman–Crippen LogP) is 4.66. The average Bonchev–Trinajstić information content (AvgIpc) is 3.37. The minimum atomic E-state index is -0.657. The average molecular weight is 465 g/mol. The molecule has 33 heavy (non-hydrogen) atoms. The van der Waals surface area contributed by atoms with Crippen molar-refractivity contribution in [2.45, 2.75) is 26.2 Å². The van der Waals surface area contributed by atoms with Gasteiger partial charge in [0, 0.05) is 13.6 Å². The number of hydrogen-bond donors (Lipinski definition) is 1. The Kier molecular flexibility index (Phi) is 8.38. The molecular weight excluding hydrogens is 436 g/mol. The molecule has 0 aliphatic carbocycles. The van der Waals surface area contributed by atoms with E-state index in [2.05, 4.69) is 43.4 Å². The zero-order valence-corrected chi connectivity index (χ0v) is 19.9. The number of amides is 2. The van der Waals surface area contributed by atoms with Crippen LogP contribution in [-0.2, 0) is 16.0 Å². The van der Waals surface area contributed by atoms with E-state index in [1.165, 1.54) is 21.8 Å². The molecule has 1 heterocycles. The van der Waals surface area contributed by atoms with Gasteiger partial charge >= 0.3 is 5.97 Å². The molecule has 0 radical (unpaired) electrons. The summed E-state index contributed by atoms with van der Waals surface area (Å²) < 4.78 is 5.21. The topological polar surface area (TPSA) is 75.7 Å². The quantitative estimate of drug-likeness (QED) is 0.467. The Morgan fingerprint density at radius 3 is 2.39 bits per heavy atom. The van der Waals surface area contributed by atoms with Crippen molar-refractivity contribution in [3.63, 3.8) is 0 Å². The van der Waals surface area contributed by atoms with E-state index >= 15 is 0 Å². The molecular formula is C26H28N2O4S. The molecule has 3 aromatic rings. The van der Waals surface area contributed by atoms with Gasteiger partial charge in [-0.3, -0.25) is 9.59 Å². The predicted molar refractivity (Wildman–Crippen MR) is 131 cm³/mol. The number of esters is 1. The number of anilines is 1. The Balaban J connectivity index is 1.51. The molecule has 0 unspecified atom stereocenters. The number of carbonyl (C=O) groups is 3. The number of thiophene rings is 1. The standard InChI is InChI=1S/C26H28N2O4S/c1-18(2)20-12-10-19(11-13-20)14-15-27-24(29)17-32-26(31)21-7-4-5-8-22(21)28(3)25(30)23-9-6-16-33-23/h4-13,16,18H,14-15,17H2,1-3H3,(H,27,29). The first-order chi connectivity index (χ1) is 15.9. The Hall–Kier alpha value is -3.45. The summed E-state index contributed by atoms with van der Waals surface area (Å²) in [5.41, 5.74) is 3.05. The van der Waals surface area contributed by atoms with E-state index in [9.17, 15) is 14.4 Å². The molecule has 0 aliphatic heterocycles. The van der Waals surface area contributed by atoms with E-state index in [-0.39, 0.29) is 24.0 Å². The van der Waals surface area contributed by atoms with Crippen LogP contribution in [0.5, 0.6) is 0 Å². The summed E-state index contributed by atoms with van der Waals surface area (Å²) in [5.74, 6) is -0.768. The second-order valence-electron chi connectivity index (χ2n) is 7.93. The van der Waals surface area contributed by atoms with Gasteiger partial charge in [-0.25, -0.2) is 4.79 Å². The lowest BCUT2D eigenvalue weighted by Gasteiger charge is -2.19. The van der Waals surface area contributed by atoms with Gasteiger partial charge in [0.1, 0.15) is 0 Å². The first-order valence-corrected chi connectivity index (χ1v) is 11.7. The lowest BCUT2D eigenvalue weighted by Crippen LogP contribution is -2.31. The van der Waals surface area contributed by atoms with Gasteiger partial charge in [-0.2, -0.15) is 0 Å². The first kappa shape index (κ1) is 24.2. The second-order valence-corrected chi connectivity index (χ2v) is 8.88. The number of nitrogens with zero attached hydrogens (tertiary/aromatic N) is 1. The molecule has 1 N–H and O–H groups in total. The van der Waals surface area contributed by atoms with Crippen LogP contribution in [0.3, 0.4) is 0 Å². The third-order valence-electron chi connectivity index (χ3n) is 5.24. The maximum Gasteiger partial charge on any atom is 0.340 e.